The molecule has 1 rings (SSSR count). The van der Waals surface area contributed by atoms with E-state index in [1.54, 1.807) is 7.11 Å². The van der Waals surface area contributed by atoms with E-state index in [-0.39, 0.29) is 6.61 Å². The molecule has 0 aromatic heterocycles. The van der Waals surface area contributed by atoms with Gasteiger partial charge >= 0.3 is 105 Å². The van der Waals surface area contributed by atoms with Gasteiger partial charge in [0.2, 0.25) is 0 Å². The molecule has 1 aromatic rings. The molecule has 4 heteroatoms. The van der Waals surface area contributed by atoms with Crippen LogP contribution in [0.4, 0.5) is 0 Å². The second kappa shape index (κ2) is 6.21. The summed E-state index contributed by atoms with van der Waals surface area (Å²) in [7, 11) is 1.64. The van der Waals surface area contributed by atoms with Crippen molar-refractivity contribution in [2.24, 2.45) is 0 Å². The van der Waals surface area contributed by atoms with Crippen LogP contribution in [0.5, 0.6) is 5.75 Å². The van der Waals surface area contributed by atoms with Crippen LogP contribution in [0.2, 0.25) is 17.3 Å². The normalized spacial score (nSPS) is 11.3. The Bertz CT molecular complexity index is 365. The molecule has 0 aliphatic rings. The summed E-state index contributed by atoms with van der Waals surface area (Å²) in [6.07, 6.45) is 0. The quantitative estimate of drug-likeness (QED) is 0.757. The second-order valence-corrected chi connectivity index (χ2v) is 15.6. The molecule has 0 saturated heterocycles. The first-order valence-corrected chi connectivity index (χ1v) is 13.0. The van der Waals surface area contributed by atoms with Gasteiger partial charge in [-0.2, -0.15) is 0 Å². The maximum absolute atomic E-state index is 11.7. The summed E-state index contributed by atoms with van der Waals surface area (Å²) in [5, 5.41) is 0. The first-order valence-electron chi connectivity index (χ1n) is 5.67. The van der Waals surface area contributed by atoms with Crippen LogP contribution in [0.15, 0.2) is 24.3 Å². The van der Waals surface area contributed by atoms with Gasteiger partial charge in [0.05, 0.1) is 0 Å². The molecule has 0 atom stereocenters. The van der Waals surface area contributed by atoms with Crippen molar-refractivity contribution in [2.75, 3.05) is 13.7 Å². The van der Waals surface area contributed by atoms with Gasteiger partial charge in [0.15, 0.2) is 0 Å². The fraction of sp³-hybridized carbons (Fsp3) is 0.462. The molecule has 0 saturated carbocycles. The summed E-state index contributed by atoms with van der Waals surface area (Å²) in [5.74, 6) is 7.08. The number of ether oxygens (including phenoxy) is 2. The van der Waals surface area contributed by atoms with Gasteiger partial charge in [0, 0.05) is 0 Å². The van der Waals surface area contributed by atoms with Crippen LogP contribution in [0.25, 0.3) is 0 Å². The zero-order valence-corrected chi connectivity index (χ0v) is 13.0. The van der Waals surface area contributed by atoms with Crippen LogP contribution >= 0.6 is 0 Å². The van der Waals surface area contributed by atoms with Gasteiger partial charge in [-0.3, -0.25) is 0 Å². The van der Waals surface area contributed by atoms with Crippen molar-refractivity contribution in [1.29, 1.82) is 0 Å². The molecule has 0 bridgehead atoms. The van der Waals surface area contributed by atoms with Crippen molar-refractivity contribution in [3.63, 3.8) is 0 Å². The Balaban J connectivity index is 2.38. The van der Waals surface area contributed by atoms with Crippen LogP contribution in [0.1, 0.15) is 5.56 Å². The minimum absolute atomic E-state index is 0.246. The molecular formula is C13H20GeO3. The molecule has 0 heterocycles. The molecule has 94 valence electrons. The Morgan fingerprint density at radius 1 is 1.18 bits per heavy atom. The van der Waals surface area contributed by atoms with Crippen molar-refractivity contribution in [3.8, 4) is 5.75 Å². The van der Waals surface area contributed by atoms with Crippen LogP contribution in [-0.2, 0) is 16.1 Å². The molecule has 3 nitrogen and oxygen atoms in total. The molecule has 1 aromatic carbocycles. The molecule has 0 aliphatic heterocycles. The van der Waals surface area contributed by atoms with Gasteiger partial charge < -0.3 is 0 Å². The third-order valence-electron chi connectivity index (χ3n) is 2.50. The SMILES string of the molecule is COc1ccc(COC[C](=O)[Ge]([CH3])([CH3])[CH3])cc1. The van der Waals surface area contributed by atoms with E-state index in [0.29, 0.717) is 11.2 Å². The third kappa shape index (κ3) is 4.92. The summed E-state index contributed by atoms with van der Waals surface area (Å²) in [4.78, 5) is 11.7. The summed E-state index contributed by atoms with van der Waals surface area (Å²) < 4.78 is 10.8. The first kappa shape index (κ1) is 14.3. The van der Waals surface area contributed by atoms with Crippen LogP contribution in [-0.4, -0.2) is 31.6 Å². The number of benzene rings is 1. The monoisotopic (exact) mass is 298 g/mol. The molecule has 0 radical (unpaired) electrons. The number of hydrogen-bond acceptors (Lipinski definition) is 3. The Morgan fingerprint density at radius 2 is 1.76 bits per heavy atom. The van der Waals surface area contributed by atoms with Crippen molar-refractivity contribution in [3.05, 3.63) is 29.8 Å². The minimum atomic E-state index is -2.17. The number of hydrogen-bond donors (Lipinski definition) is 0. The maximum atomic E-state index is 11.7. The number of methoxy groups -OCH3 is 1. The Kier molecular flexibility index (Phi) is 5.21. The Morgan fingerprint density at radius 3 is 2.24 bits per heavy atom. The summed E-state index contributed by atoms with van der Waals surface area (Å²) in [6.45, 7) is 0.726. The molecule has 0 fully saturated rings. The van der Waals surface area contributed by atoms with Crippen molar-refractivity contribution >= 4 is 17.9 Å². The molecule has 0 unspecified atom stereocenters. The van der Waals surface area contributed by atoms with Gasteiger partial charge in [-0.25, -0.2) is 0 Å². The summed E-state index contributed by atoms with van der Waals surface area (Å²) >= 11 is -2.17. The van der Waals surface area contributed by atoms with Gasteiger partial charge in [-0.05, 0) is 0 Å². The fourth-order valence-corrected chi connectivity index (χ4v) is 2.32. The van der Waals surface area contributed by atoms with E-state index in [1.807, 2.05) is 24.3 Å². The van der Waals surface area contributed by atoms with Crippen molar-refractivity contribution in [1.82, 2.24) is 0 Å². The number of carbonyl (C=O) groups excluding carboxylic acids is 1. The van der Waals surface area contributed by atoms with Crippen LogP contribution in [0, 0.1) is 0 Å². The third-order valence-corrected chi connectivity index (χ3v) is 6.31. The number of rotatable bonds is 6. The molecule has 0 amide bonds. The van der Waals surface area contributed by atoms with E-state index in [0.717, 1.165) is 11.3 Å². The van der Waals surface area contributed by atoms with Gasteiger partial charge in [-0.15, -0.1) is 0 Å². The van der Waals surface area contributed by atoms with E-state index >= 15 is 0 Å². The second-order valence-electron chi connectivity index (χ2n) is 5.01. The van der Waals surface area contributed by atoms with E-state index in [9.17, 15) is 4.79 Å². The predicted octanol–water partition coefficient (Wildman–Crippen LogP) is 2.66. The summed E-state index contributed by atoms with van der Waals surface area (Å²) in [5.41, 5.74) is 1.06. The summed E-state index contributed by atoms with van der Waals surface area (Å²) in [6, 6.07) is 7.67. The van der Waals surface area contributed by atoms with E-state index in [2.05, 4.69) is 17.3 Å². The fourth-order valence-electron chi connectivity index (χ4n) is 1.20. The topological polar surface area (TPSA) is 35.5 Å². The molecular weight excluding hydrogens is 277 g/mol. The first-order chi connectivity index (χ1) is 7.93. The standard InChI is InChI=1S/C13H20GeO3/c1-14(2,3)13(15)10-17-9-11-5-7-12(16-4)8-6-11/h5-8H,9-10H2,1-4H3. The molecule has 0 N–H and O–H groups in total. The molecule has 0 spiro atoms. The average Bonchev–Trinajstić information content (AvgIpc) is 2.28. The van der Waals surface area contributed by atoms with Crippen LogP contribution in [0.3, 0.4) is 0 Å². The zero-order valence-electron chi connectivity index (χ0n) is 10.9. The van der Waals surface area contributed by atoms with E-state index < -0.39 is 13.3 Å². The number of carbonyl (C=O) groups is 1. The Hall–Kier alpha value is -0.807. The molecule has 0 aliphatic carbocycles. The zero-order chi connectivity index (χ0) is 12.9. The Labute approximate surface area is 105 Å². The average molecular weight is 297 g/mol. The van der Waals surface area contributed by atoms with Gasteiger partial charge in [0.25, 0.3) is 0 Å². The van der Waals surface area contributed by atoms with E-state index in [4.69, 9.17) is 9.47 Å². The van der Waals surface area contributed by atoms with Crippen LogP contribution < -0.4 is 4.74 Å². The van der Waals surface area contributed by atoms with Crippen molar-refractivity contribution < 1.29 is 14.3 Å². The van der Waals surface area contributed by atoms with E-state index in [1.165, 1.54) is 0 Å². The molecule has 17 heavy (non-hydrogen) atoms. The van der Waals surface area contributed by atoms with Gasteiger partial charge in [0.1, 0.15) is 0 Å². The predicted molar refractivity (Wildman–Crippen MR) is 71.0 cm³/mol. The van der Waals surface area contributed by atoms with Gasteiger partial charge in [-0.1, -0.05) is 0 Å². The van der Waals surface area contributed by atoms with Crippen molar-refractivity contribution in [2.45, 2.75) is 23.9 Å².